The van der Waals surface area contributed by atoms with Crippen LogP contribution in [0.5, 0.6) is 0 Å². The van der Waals surface area contributed by atoms with Crippen LogP contribution in [0.25, 0.3) is 11.5 Å². The third kappa shape index (κ3) is 4.37. The van der Waals surface area contributed by atoms with Crippen LogP contribution in [-0.4, -0.2) is 33.7 Å². The molecule has 0 bridgehead atoms. The summed E-state index contributed by atoms with van der Waals surface area (Å²) in [4.78, 5) is 6.50. The molecule has 0 aliphatic heterocycles. The van der Waals surface area contributed by atoms with E-state index in [1.54, 1.807) is 25.3 Å². The summed E-state index contributed by atoms with van der Waals surface area (Å²) >= 11 is 0. The lowest BCUT2D eigenvalue weighted by molar-refractivity contribution is 0.102. The maximum atomic E-state index is 13.2. The Labute approximate surface area is 124 Å². The highest BCUT2D eigenvalue weighted by atomic mass is 19.1. The van der Waals surface area contributed by atoms with Gasteiger partial charge in [0.15, 0.2) is 0 Å². The summed E-state index contributed by atoms with van der Waals surface area (Å²) in [5.41, 5.74) is 1.39. The number of aromatic nitrogens is 1. The summed E-state index contributed by atoms with van der Waals surface area (Å²) < 4.78 is 18.6. The number of benzene rings is 1. The maximum absolute atomic E-state index is 13.2. The summed E-state index contributed by atoms with van der Waals surface area (Å²) in [5.74, 6) is 0.0930. The number of hydrogen-bond donors (Lipinski definition) is 1. The topological polar surface area (TPSA) is 49.5 Å². The predicted octanol–water partition coefficient (Wildman–Crippen LogP) is 3.07. The fraction of sp³-hybridized carbons (Fsp3) is 0.438. The van der Waals surface area contributed by atoms with Crippen LogP contribution >= 0.6 is 0 Å². The summed E-state index contributed by atoms with van der Waals surface area (Å²) in [7, 11) is 0. The Morgan fingerprint density at radius 3 is 2.71 bits per heavy atom. The van der Waals surface area contributed by atoms with E-state index in [-0.39, 0.29) is 11.9 Å². The monoisotopic (exact) mass is 292 g/mol. The second kappa shape index (κ2) is 6.83. The van der Waals surface area contributed by atoms with Crippen LogP contribution in [0, 0.1) is 5.82 Å². The first kappa shape index (κ1) is 15.7. The van der Waals surface area contributed by atoms with Gasteiger partial charge in [-0.15, -0.1) is 0 Å². The molecular formula is C16H21FN2O2. The fourth-order valence-corrected chi connectivity index (χ4v) is 2.14. The lowest BCUT2D eigenvalue weighted by Crippen LogP contribution is -2.36. The molecule has 0 saturated carbocycles. The normalized spacial score (nSPS) is 13.1. The zero-order chi connectivity index (χ0) is 15.4. The van der Waals surface area contributed by atoms with Crippen molar-refractivity contribution in [2.45, 2.75) is 39.5 Å². The van der Waals surface area contributed by atoms with Gasteiger partial charge < -0.3 is 9.52 Å². The second-order valence-electron chi connectivity index (χ2n) is 5.53. The van der Waals surface area contributed by atoms with Crippen LogP contribution in [0.2, 0.25) is 0 Å². The Bertz CT molecular complexity index is 581. The SMILES string of the molecule is CC(O)CN(Cc1coc(-c2cccc(F)c2)n1)C(C)C. The molecule has 5 heteroatoms. The summed E-state index contributed by atoms with van der Waals surface area (Å²) in [5, 5.41) is 9.54. The van der Waals surface area contributed by atoms with E-state index >= 15 is 0 Å². The Morgan fingerprint density at radius 2 is 2.10 bits per heavy atom. The first-order chi connectivity index (χ1) is 9.95. The van der Waals surface area contributed by atoms with Crippen molar-refractivity contribution >= 4 is 0 Å². The van der Waals surface area contributed by atoms with Gasteiger partial charge in [-0.2, -0.15) is 0 Å². The van der Waals surface area contributed by atoms with Gasteiger partial charge in [-0.1, -0.05) is 6.07 Å². The molecule has 1 unspecified atom stereocenters. The smallest absolute Gasteiger partial charge is 0.226 e. The fourth-order valence-electron chi connectivity index (χ4n) is 2.14. The average molecular weight is 292 g/mol. The molecule has 1 atom stereocenters. The molecule has 0 amide bonds. The van der Waals surface area contributed by atoms with Crippen molar-refractivity contribution in [3.05, 3.63) is 42.0 Å². The highest BCUT2D eigenvalue weighted by molar-refractivity contribution is 5.52. The lowest BCUT2D eigenvalue weighted by Gasteiger charge is -2.26. The first-order valence-electron chi connectivity index (χ1n) is 7.08. The number of aliphatic hydroxyl groups excluding tert-OH is 1. The van der Waals surface area contributed by atoms with Crippen LogP contribution < -0.4 is 0 Å². The molecular weight excluding hydrogens is 271 g/mol. The minimum Gasteiger partial charge on any atom is -0.444 e. The second-order valence-corrected chi connectivity index (χ2v) is 5.53. The Morgan fingerprint density at radius 1 is 1.33 bits per heavy atom. The van der Waals surface area contributed by atoms with E-state index in [1.165, 1.54) is 12.1 Å². The van der Waals surface area contributed by atoms with Crippen molar-refractivity contribution in [1.29, 1.82) is 0 Å². The van der Waals surface area contributed by atoms with Crippen molar-refractivity contribution in [2.75, 3.05) is 6.54 Å². The van der Waals surface area contributed by atoms with Crippen LogP contribution in [0.15, 0.2) is 34.9 Å². The molecule has 2 rings (SSSR count). The van der Waals surface area contributed by atoms with Gasteiger partial charge in [0.1, 0.15) is 12.1 Å². The molecule has 0 saturated heterocycles. The Kier molecular flexibility index (Phi) is 5.09. The molecule has 2 aromatic rings. The number of rotatable bonds is 6. The molecule has 1 aromatic carbocycles. The molecule has 0 aliphatic rings. The Hall–Kier alpha value is -1.72. The molecule has 0 spiro atoms. The molecule has 1 aromatic heterocycles. The summed E-state index contributed by atoms with van der Waals surface area (Å²) in [6.45, 7) is 7.05. The lowest BCUT2D eigenvalue weighted by atomic mass is 10.2. The van der Waals surface area contributed by atoms with Crippen LogP contribution in [0.1, 0.15) is 26.5 Å². The first-order valence-corrected chi connectivity index (χ1v) is 7.08. The molecule has 1 N–H and O–H groups in total. The molecule has 0 aliphatic carbocycles. The number of nitrogens with zero attached hydrogens (tertiary/aromatic N) is 2. The molecule has 4 nitrogen and oxygen atoms in total. The third-order valence-corrected chi connectivity index (χ3v) is 3.22. The number of hydrogen-bond acceptors (Lipinski definition) is 4. The Balaban J connectivity index is 2.12. The quantitative estimate of drug-likeness (QED) is 0.889. The summed E-state index contributed by atoms with van der Waals surface area (Å²) in [6, 6.07) is 6.45. The van der Waals surface area contributed by atoms with Crippen LogP contribution in [0.3, 0.4) is 0 Å². The molecule has 1 heterocycles. The minimum absolute atomic E-state index is 0.286. The van der Waals surface area contributed by atoms with Gasteiger partial charge in [0.2, 0.25) is 5.89 Å². The number of halogens is 1. The van der Waals surface area contributed by atoms with E-state index in [1.807, 2.05) is 0 Å². The van der Waals surface area contributed by atoms with Crippen LogP contribution in [-0.2, 0) is 6.54 Å². The molecule has 114 valence electrons. The van der Waals surface area contributed by atoms with E-state index in [0.29, 0.717) is 24.5 Å². The van der Waals surface area contributed by atoms with Gasteiger partial charge in [0.05, 0.1) is 11.8 Å². The standard InChI is InChI=1S/C16H21FN2O2/c1-11(2)19(8-12(3)20)9-15-10-21-16(18-15)13-5-4-6-14(17)7-13/h4-7,10-12,20H,8-9H2,1-3H3. The maximum Gasteiger partial charge on any atom is 0.226 e. The third-order valence-electron chi connectivity index (χ3n) is 3.22. The predicted molar refractivity (Wildman–Crippen MR) is 79.1 cm³/mol. The molecule has 0 radical (unpaired) electrons. The molecule has 21 heavy (non-hydrogen) atoms. The van der Waals surface area contributed by atoms with Crippen molar-refractivity contribution in [3.8, 4) is 11.5 Å². The summed E-state index contributed by atoms with van der Waals surface area (Å²) in [6.07, 6.45) is 1.18. The number of oxazole rings is 1. The van der Waals surface area contributed by atoms with Crippen molar-refractivity contribution in [2.24, 2.45) is 0 Å². The van der Waals surface area contributed by atoms with Crippen molar-refractivity contribution < 1.29 is 13.9 Å². The van der Waals surface area contributed by atoms with E-state index < -0.39 is 6.10 Å². The van der Waals surface area contributed by atoms with E-state index in [9.17, 15) is 9.50 Å². The van der Waals surface area contributed by atoms with Crippen molar-refractivity contribution in [3.63, 3.8) is 0 Å². The zero-order valence-electron chi connectivity index (χ0n) is 12.6. The van der Waals surface area contributed by atoms with Gasteiger partial charge >= 0.3 is 0 Å². The molecule has 0 fully saturated rings. The van der Waals surface area contributed by atoms with Gasteiger partial charge in [-0.05, 0) is 39.0 Å². The average Bonchev–Trinajstić information content (AvgIpc) is 2.86. The highest BCUT2D eigenvalue weighted by Crippen LogP contribution is 2.20. The van der Waals surface area contributed by atoms with Gasteiger partial charge in [-0.3, -0.25) is 4.90 Å². The largest absolute Gasteiger partial charge is 0.444 e. The van der Waals surface area contributed by atoms with Crippen molar-refractivity contribution in [1.82, 2.24) is 9.88 Å². The minimum atomic E-state index is -0.401. The van der Waals surface area contributed by atoms with Crippen LogP contribution in [0.4, 0.5) is 4.39 Å². The van der Waals surface area contributed by atoms with E-state index in [0.717, 1.165) is 5.69 Å². The van der Waals surface area contributed by atoms with Gasteiger partial charge in [0, 0.05) is 24.7 Å². The van der Waals surface area contributed by atoms with E-state index in [2.05, 4.69) is 23.7 Å². The highest BCUT2D eigenvalue weighted by Gasteiger charge is 2.15. The zero-order valence-corrected chi connectivity index (χ0v) is 12.6. The van der Waals surface area contributed by atoms with Gasteiger partial charge in [0.25, 0.3) is 0 Å². The number of aliphatic hydroxyl groups is 1. The van der Waals surface area contributed by atoms with Gasteiger partial charge in [-0.25, -0.2) is 9.37 Å². The van der Waals surface area contributed by atoms with E-state index in [4.69, 9.17) is 4.42 Å².